The topological polar surface area (TPSA) is 17.1 Å². The zero-order valence-electron chi connectivity index (χ0n) is 9.02. The first-order valence-corrected chi connectivity index (χ1v) is 5.91. The van der Waals surface area contributed by atoms with Crippen LogP contribution in [0.1, 0.15) is 38.5 Å². The Morgan fingerprint density at radius 1 is 1.06 bits per heavy atom. The van der Waals surface area contributed by atoms with E-state index in [0.717, 1.165) is 12.7 Å². The molecule has 4 heteroatoms. The van der Waals surface area contributed by atoms with E-state index in [4.69, 9.17) is 0 Å². The van der Waals surface area contributed by atoms with Crippen molar-refractivity contribution in [1.29, 1.82) is 0 Å². The minimum absolute atomic E-state index is 0.0556. The van der Waals surface area contributed by atoms with Crippen molar-refractivity contribution >= 4 is 6.29 Å². The van der Waals surface area contributed by atoms with Crippen LogP contribution in [0.2, 0.25) is 0 Å². The molecule has 0 amide bonds. The Bertz CT molecular complexity index is 320. The van der Waals surface area contributed by atoms with Crippen LogP contribution in [0.15, 0.2) is 0 Å². The Balaban J connectivity index is 2.02. The second-order valence-electron chi connectivity index (χ2n) is 6.22. The maximum atomic E-state index is 13.2. The molecule has 4 saturated carbocycles. The van der Waals surface area contributed by atoms with Crippen LogP contribution in [0.4, 0.5) is 13.2 Å². The fraction of sp³-hybridized carbons (Fsp3) is 0.917. The number of rotatable bonds is 1. The molecule has 4 fully saturated rings. The standard InChI is InChI=1S/C12H15F3O/c13-12(14,15)11-4-8-1-9(5-11)3-10(2-8,6-11)7-16/h7-9H,1-6H2. The summed E-state index contributed by atoms with van der Waals surface area (Å²) in [6.45, 7) is 0. The van der Waals surface area contributed by atoms with Gasteiger partial charge in [0.05, 0.1) is 5.41 Å². The molecule has 0 aromatic rings. The van der Waals surface area contributed by atoms with E-state index in [9.17, 15) is 18.0 Å². The van der Waals surface area contributed by atoms with Crippen molar-refractivity contribution < 1.29 is 18.0 Å². The molecule has 4 aliphatic rings. The first-order chi connectivity index (χ1) is 7.38. The second-order valence-corrected chi connectivity index (χ2v) is 6.22. The van der Waals surface area contributed by atoms with Gasteiger partial charge in [-0.2, -0.15) is 13.2 Å². The molecule has 2 unspecified atom stereocenters. The van der Waals surface area contributed by atoms with Crippen LogP contribution < -0.4 is 0 Å². The lowest BCUT2D eigenvalue weighted by molar-refractivity contribution is -0.281. The predicted octanol–water partition coefficient (Wildman–Crippen LogP) is 3.33. The molecule has 0 heterocycles. The van der Waals surface area contributed by atoms with Crippen molar-refractivity contribution in [3.05, 3.63) is 0 Å². The summed E-state index contributed by atoms with van der Waals surface area (Å²) < 4.78 is 39.6. The van der Waals surface area contributed by atoms with Gasteiger partial charge in [0.1, 0.15) is 6.29 Å². The highest BCUT2D eigenvalue weighted by atomic mass is 19.4. The van der Waals surface area contributed by atoms with Crippen LogP contribution >= 0.6 is 0 Å². The van der Waals surface area contributed by atoms with E-state index >= 15 is 0 Å². The summed E-state index contributed by atoms with van der Waals surface area (Å²) in [7, 11) is 0. The van der Waals surface area contributed by atoms with Crippen molar-refractivity contribution in [2.75, 3.05) is 0 Å². The van der Waals surface area contributed by atoms with E-state index in [0.29, 0.717) is 12.8 Å². The fourth-order valence-electron chi connectivity index (χ4n) is 4.80. The Hall–Kier alpha value is -0.540. The molecule has 1 nitrogen and oxygen atoms in total. The Kier molecular flexibility index (Phi) is 1.87. The third kappa shape index (κ3) is 1.22. The number of halogens is 3. The van der Waals surface area contributed by atoms with E-state index in [1.54, 1.807) is 0 Å². The quantitative estimate of drug-likeness (QED) is 0.634. The van der Waals surface area contributed by atoms with E-state index in [1.807, 2.05) is 0 Å². The van der Waals surface area contributed by atoms with Gasteiger partial charge in [-0.15, -0.1) is 0 Å². The molecular weight excluding hydrogens is 217 g/mol. The zero-order valence-corrected chi connectivity index (χ0v) is 9.02. The maximum Gasteiger partial charge on any atom is 0.394 e. The molecule has 0 spiro atoms. The van der Waals surface area contributed by atoms with Gasteiger partial charge < -0.3 is 4.79 Å². The van der Waals surface area contributed by atoms with Gasteiger partial charge in [-0.05, 0) is 50.4 Å². The first kappa shape index (κ1) is 10.6. The molecule has 0 saturated heterocycles. The van der Waals surface area contributed by atoms with Crippen molar-refractivity contribution in [2.24, 2.45) is 22.7 Å². The summed E-state index contributed by atoms with van der Waals surface area (Å²) in [5.41, 5.74) is -2.17. The smallest absolute Gasteiger partial charge is 0.303 e. The van der Waals surface area contributed by atoms with Gasteiger partial charge in [-0.3, -0.25) is 0 Å². The number of hydrogen-bond donors (Lipinski definition) is 0. The Morgan fingerprint density at radius 2 is 1.62 bits per heavy atom. The van der Waals surface area contributed by atoms with Crippen LogP contribution in [-0.2, 0) is 4.79 Å². The normalized spacial score (nSPS) is 50.7. The van der Waals surface area contributed by atoms with E-state index in [2.05, 4.69) is 0 Å². The molecule has 4 aliphatic carbocycles. The average molecular weight is 232 g/mol. The molecule has 0 N–H and O–H groups in total. The maximum absolute atomic E-state index is 13.2. The number of aldehydes is 1. The minimum atomic E-state index is -4.13. The predicted molar refractivity (Wildman–Crippen MR) is 51.7 cm³/mol. The molecule has 0 aliphatic heterocycles. The summed E-state index contributed by atoms with van der Waals surface area (Å²) in [5, 5.41) is 0. The molecule has 4 rings (SSSR count). The van der Waals surface area contributed by atoms with Gasteiger partial charge >= 0.3 is 6.18 Å². The highest BCUT2D eigenvalue weighted by molar-refractivity contribution is 5.61. The number of alkyl halides is 3. The first-order valence-electron chi connectivity index (χ1n) is 5.91. The van der Waals surface area contributed by atoms with Crippen LogP contribution in [0.25, 0.3) is 0 Å². The van der Waals surface area contributed by atoms with Gasteiger partial charge in [0.15, 0.2) is 0 Å². The Morgan fingerprint density at radius 3 is 2.06 bits per heavy atom. The lowest BCUT2D eigenvalue weighted by Gasteiger charge is -2.60. The summed E-state index contributed by atoms with van der Waals surface area (Å²) in [6, 6.07) is 0. The SMILES string of the molecule is O=CC12CC3CC(C1)CC(C(F)(F)F)(C3)C2. The minimum Gasteiger partial charge on any atom is -0.303 e. The van der Waals surface area contributed by atoms with Crippen LogP contribution in [0.3, 0.4) is 0 Å². The van der Waals surface area contributed by atoms with Crippen molar-refractivity contribution in [3.63, 3.8) is 0 Å². The summed E-state index contributed by atoms with van der Waals surface area (Å²) in [5.74, 6) is 0.265. The van der Waals surface area contributed by atoms with Crippen LogP contribution in [0.5, 0.6) is 0 Å². The van der Waals surface area contributed by atoms with Gasteiger partial charge in [-0.25, -0.2) is 0 Å². The van der Waals surface area contributed by atoms with E-state index in [1.165, 1.54) is 0 Å². The monoisotopic (exact) mass is 232 g/mol. The highest BCUT2D eigenvalue weighted by Gasteiger charge is 2.67. The molecule has 90 valence electrons. The lowest BCUT2D eigenvalue weighted by atomic mass is 9.44. The van der Waals surface area contributed by atoms with Crippen LogP contribution in [0, 0.1) is 22.7 Å². The number of carbonyl (C=O) groups is 1. The number of carbonyl (C=O) groups excluding carboxylic acids is 1. The van der Waals surface area contributed by atoms with Gasteiger partial charge in [0.25, 0.3) is 0 Å². The van der Waals surface area contributed by atoms with Crippen molar-refractivity contribution in [2.45, 2.75) is 44.7 Å². The third-order valence-electron chi connectivity index (χ3n) is 4.96. The van der Waals surface area contributed by atoms with E-state index < -0.39 is 17.0 Å². The molecule has 2 atom stereocenters. The highest BCUT2D eigenvalue weighted by Crippen LogP contribution is 2.68. The number of hydrogen-bond acceptors (Lipinski definition) is 1. The van der Waals surface area contributed by atoms with Gasteiger partial charge in [0.2, 0.25) is 0 Å². The molecule has 16 heavy (non-hydrogen) atoms. The van der Waals surface area contributed by atoms with Crippen LogP contribution in [-0.4, -0.2) is 12.5 Å². The molecule has 0 aromatic heterocycles. The fourth-order valence-corrected chi connectivity index (χ4v) is 4.80. The molecule has 0 aromatic carbocycles. The lowest BCUT2D eigenvalue weighted by Crippen LogP contribution is -2.57. The summed E-state index contributed by atoms with van der Waals surface area (Å²) in [6.07, 6.45) is -0.405. The molecule has 4 bridgehead atoms. The molecular formula is C12H15F3O. The molecule has 0 radical (unpaired) electrons. The van der Waals surface area contributed by atoms with Crippen molar-refractivity contribution in [1.82, 2.24) is 0 Å². The summed E-state index contributed by atoms with van der Waals surface area (Å²) in [4.78, 5) is 11.2. The van der Waals surface area contributed by atoms with Gasteiger partial charge in [0, 0.05) is 5.41 Å². The van der Waals surface area contributed by atoms with Crippen molar-refractivity contribution in [3.8, 4) is 0 Å². The third-order valence-corrected chi connectivity index (χ3v) is 4.96. The second kappa shape index (κ2) is 2.82. The summed E-state index contributed by atoms with van der Waals surface area (Å²) >= 11 is 0. The van der Waals surface area contributed by atoms with E-state index in [-0.39, 0.29) is 31.1 Å². The zero-order chi connectivity index (χ0) is 11.6. The largest absolute Gasteiger partial charge is 0.394 e. The average Bonchev–Trinajstić information content (AvgIpc) is 2.14. The Labute approximate surface area is 92.4 Å². The van der Waals surface area contributed by atoms with Gasteiger partial charge in [-0.1, -0.05) is 0 Å².